The Hall–Kier alpha value is -0.790. The van der Waals surface area contributed by atoms with E-state index in [0.29, 0.717) is 6.54 Å². The molecule has 0 amide bonds. The van der Waals surface area contributed by atoms with Crippen LogP contribution < -0.4 is 0 Å². The quantitative estimate of drug-likeness (QED) is 0.204. The number of hydroxylamine groups is 1. The lowest BCUT2D eigenvalue weighted by Gasteiger charge is -2.16. The van der Waals surface area contributed by atoms with Crippen molar-refractivity contribution in [3.05, 3.63) is 17.9 Å². The fourth-order valence-electron chi connectivity index (χ4n) is 1.19. The standard InChI is InChI=1S/C11H21NO/c1-5-7-9-12(13)10-11(3,4)8-6-2/h6,10H,2,5,7-9H2,1,3-4H3/b12-10-. The number of nitrogens with zero attached hydrogens (tertiary/aromatic N) is 1. The van der Waals surface area contributed by atoms with E-state index in [4.69, 9.17) is 0 Å². The van der Waals surface area contributed by atoms with E-state index in [1.807, 2.05) is 19.9 Å². The fraction of sp³-hybridized carbons (Fsp3) is 0.727. The van der Waals surface area contributed by atoms with E-state index in [-0.39, 0.29) is 5.41 Å². The zero-order chi connectivity index (χ0) is 10.3. The Morgan fingerprint density at radius 1 is 1.46 bits per heavy atom. The Labute approximate surface area is 81.6 Å². The molecule has 0 aliphatic heterocycles. The first-order valence-corrected chi connectivity index (χ1v) is 4.92. The van der Waals surface area contributed by atoms with Crippen LogP contribution >= 0.6 is 0 Å². The predicted octanol–water partition coefficient (Wildman–Crippen LogP) is 2.97. The number of rotatable bonds is 6. The molecule has 0 heterocycles. The summed E-state index contributed by atoms with van der Waals surface area (Å²) in [5, 5.41) is 11.3. The van der Waals surface area contributed by atoms with Crippen LogP contribution in [-0.4, -0.2) is 17.5 Å². The van der Waals surface area contributed by atoms with Crippen molar-refractivity contribution in [2.75, 3.05) is 6.54 Å². The summed E-state index contributed by atoms with van der Waals surface area (Å²) in [5.41, 5.74) is -0.0583. The molecule has 0 aliphatic carbocycles. The maximum atomic E-state index is 11.3. The lowest BCUT2D eigenvalue weighted by Crippen LogP contribution is -2.20. The summed E-state index contributed by atoms with van der Waals surface area (Å²) in [4.78, 5) is 0. The van der Waals surface area contributed by atoms with Gasteiger partial charge in [-0.3, -0.25) is 0 Å². The molecule has 0 fully saturated rings. The molecule has 0 aromatic heterocycles. The van der Waals surface area contributed by atoms with Gasteiger partial charge in [-0.15, -0.1) is 6.58 Å². The van der Waals surface area contributed by atoms with E-state index in [1.54, 1.807) is 6.21 Å². The normalized spacial score (nSPS) is 13.0. The van der Waals surface area contributed by atoms with Crippen LogP contribution in [0.4, 0.5) is 0 Å². The first-order valence-electron chi connectivity index (χ1n) is 4.92. The molecular formula is C11H21NO. The van der Waals surface area contributed by atoms with Crippen molar-refractivity contribution < 1.29 is 4.74 Å². The third-order valence-electron chi connectivity index (χ3n) is 1.90. The van der Waals surface area contributed by atoms with Gasteiger partial charge in [-0.1, -0.05) is 33.3 Å². The molecule has 76 valence electrons. The summed E-state index contributed by atoms with van der Waals surface area (Å²) in [6, 6.07) is 0. The highest BCUT2D eigenvalue weighted by Gasteiger charge is 2.17. The molecule has 2 heteroatoms. The van der Waals surface area contributed by atoms with Gasteiger partial charge in [0.25, 0.3) is 0 Å². The van der Waals surface area contributed by atoms with Crippen LogP contribution in [0.3, 0.4) is 0 Å². The molecule has 0 aromatic rings. The average molecular weight is 183 g/mol. The van der Waals surface area contributed by atoms with Crippen molar-refractivity contribution in [1.82, 2.24) is 0 Å². The van der Waals surface area contributed by atoms with Gasteiger partial charge in [0, 0.05) is 11.8 Å². The van der Waals surface area contributed by atoms with Crippen molar-refractivity contribution in [3.63, 3.8) is 0 Å². The molecule has 0 saturated carbocycles. The Morgan fingerprint density at radius 3 is 2.54 bits per heavy atom. The number of hydrogen-bond donors (Lipinski definition) is 0. The summed E-state index contributed by atoms with van der Waals surface area (Å²) in [7, 11) is 0. The highest BCUT2D eigenvalue weighted by atomic mass is 16.5. The van der Waals surface area contributed by atoms with E-state index in [9.17, 15) is 5.21 Å². The lowest BCUT2D eigenvalue weighted by atomic mass is 9.91. The van der Waals surface area contributed by atoms with Gasteiger partial charge in [0.05, 0.1) is 0 Å². The van der Waals surface area contributed by atoms with Crippen LogP contribution in [-0.2, 0) is 0 Å². The predicted molar refractivity (Wildman–Crippen MR) is 58.1 cm³/mol. The monoisotopic (exact) mass is 183 g/mol. The van der Waals surface area contributed by atoms with E-state index < -0.39 is 0 Å². The maximum Gasteiger partial charge on any atom is 0.156 e. The van der Waals surface area contributed by atoms with Crippen molar-refractivity contribution in [1.29, 1.82) is 0 Å². The molecule has 0 aliphatic rings. The third-order valence-corrected chi connectivity index (χ3v) is 1.90. The Morgan fingerprint density at radius 2 is 2.08 bits per heavy atom. The molecule has 2 nitrogen and oxygen atoms in total. The molecule has 0 radical (unpaired) electrons. The molecule has 0 atom stereocenters. The van der Waals surface area contributed by atoms with Crippen molar-refractivity contribution in [2.24, 2.45) is 5.41 Å². The van der Waals surface area contributed by atoms with Crippen molar-refractivity contribution in [3.8, 4) is 0 Å². The maximum absolute atomic E-state index is 11.3. The highest BCUT2D eigenvalue weighted by Crippen LogP contribution is 2.17. The van der Waals surface area contributed by atoms with Gasteiger partial charge < -0.3 is 5.21 Å². The van der Waals surface area contributed by atoms with E-state index in [1.165, 1.54) is 0 Å². The van der Waals surface area contributed by atoms with E-state index in [0.717, 1.165) is 24.0 Å². The molecule has 0 N–H and O–H groups in total. The average Bonchev–Trinajstić information content (AvgIpc) is 1.99. The fourth-order valence-corrected chi connectivity index (χ4v) is 1.19. The third kappa shape index (κ3) is 6.38. The number of hydrogen-bond acceptors (Lipinski definition) is 1. The molecule has 13 heavy (non-hydrogen) atoms. The number of allylic oxidation sites excluding steroid dienone is 1. The molecule has 0 saturated heterocycles. The number of unbranched alkanes of at least 4 members (excludes halogenated alkanes) is 1. The van der Waals surface area contributed by atoms with Crippen LogP contribution in [0.15, 0.2) is 12.7 Å². The summed E-state index contributed by atoms with van der Waals surface area (Å²) < 4.78 is 1.05. The van der Waals surface area contributed by atoms with Gasteiger partial charge in [-0.25, -0.2) is 4.74 Å². The second kappa shape index (κ2) is 5.79. The summed E-state index contributed by atoms with van der Waals surface area (Å²) in [6.45, 7) is 10.5. The first-order chi connectivity index (χ1) is 6.02. The van der Waals surface area contributed by atoms with Gasteiger partial charge in [-0.2, -0.15) is 0 Å². The topological polar surface area (TPSA) is 26.1 Å². The zero-order valence-electron chi connectivity index (χ0n) is 9.05. The Balaban J connectivity index is 4.09. The molecular weight excluding hydrogens is 162 g/mol. The molecule has 0 rings (SSSR count). The largest absolute Gasteiger partial charge is 0.624 e. The lowest BCUT2D eigenvalue weighted by molar-refractivity contribution is -0.457. The summed E-state index contributed by atoms with van der Waals surface area (Å²) >= 11 is 0. The Bertz CT molecular complexity index is 183. The SMILES string of the molecule is C=CCC(C)(C)/C=[N+](\[O-])CCCC. The second-order valence-electron chi connectivity index (χ2n) is 4.10. The highest BCUT2D eigenvalue weighted by molar-refractivity contribution is 5.59. The minimum atomic E-state index is -0.0583. The second-order valence-corrected chi connectivity index (χ2v) is 4.10. The smallest absolute Gasteiger partial charge is 0.156 e. The summed E-state index contributed by atoms with van der Waals surface area (Å²) in [6.07, 6.45) is 6.48. The van der Waals surface area contributed by atoms with Gasteiger partial charge >= 0.3 is 0 Å². The molecule has 0 spiro atoms. The van der Waals surface area contributed by atoms with Crippen LogP contribution in [0.1, 0.15) is 40.0 Å². The molecule has 0 bridgehead atoms. The Kier molecular flexibility index (Phi) is 5.44. The van der Waals surface area contributed by atoms with Gasteiger partial charge in [0.15, 0.2) is 12.8 Å². The van der Waals surface area contributed by atoms with Crippen LogP contribution in [0.5, 0.6) is 0 Å². The van der Waals surface area contributed by atoms with Gasteiger partial charge in [0.2, 0.25) is 0 Å². The van der Waals surface area contributed by atoms with E-state index >= 15 is 0 Å². The van der Waals surface area contributed by atoms with Gasteiger partial charge in [0.1, 0.15) is 0 Å². The van der Waals surface area contributed by atoms with Gasteiger partial charge in [-0.05, 0) is 6.42 Å². The zero-order valence-corrected chi connectivity index (χ0v) is 9.05. The van der Waals surface area contributed by atoms with Crippen molar-refractivity contribution in [2.45, 2.75) is 40.0 Å². The van der Waals surface area contributed by atoms with E-state index in [2.05, 4.69) is 13.5 Å². The molecule has 0 aromatic carbocycles. The minimum Gasteiger partial charge on any atom is -0.624 e. The van der Waals surface area contributed by atoms with Crippen LogP contribution in [0, 0.1) is 10.6 Å². The summed E-state index contributed by atoms with van der Waals surface area (Å²) in [5.74, 6) is 0. The first kappa shape index (κ1) is 12.2. The molecule has 0 unspecified atom stereocenters. The van der Waals surface area contributed by atoms with Crippen LogP contribution in [0.25, 0.3) is 0 Å². The minimum absolute atomic E-state index is 0.0583. The van der Waals surface area contributed by atoms with Crippen molar-refractivity contribution >= 4 is 6.21 Å². The van der Waals surface area contributed by atoms with Crippen LogP contribution in [0.2, 0.25) is 0 Å².